The van der Waals surface area contributed by atoms with Crippen LogP contribution in [-0.2, 0) is 22.7 Å². The van der Waals surface area contributed by atoms with Gasteiger partial charge in [0.15, 0.2) is 5.58 Å². The van der Waals surface area contributed by atoms with Gasteiger partial charge in [0, 0.05) is 37.8 Å². The fourth-order valence-electron chi connectivity index (χ4n) is 4.57. The molecule has 1 aromatic heterocycles. The number of hydrazine groups is 1. The SMILES string of the molecule is C.CCCCCNC(=O)CN(CC(=O)N(C)N1Cc2ccc(F)cc2C1)c1cc2c(C)noc2cc1C. The summed E-state index contributed by atoms with van der Waals surface area (Å²) in [4.78, 5) is 28.0. The molecular weight excluding hydrogens is 473 g/mol. The van der Waals surface area contributed by atoms with E-state index in [1.807, 2.05) is 31.0 Å². The van der Waals surface area contributed by atoms with Crippen LogP contribution in [-0.4, -0.2) is 53.7 Å². The lowest BCUT2D eigenvalue weighted by molar-refractivity contribution is -0.145. The van der Waals surface area contributed by atoms with E-state index in [1.54, 1.807) is 23.0 Å². The first-order valence-electron chi connectivity index (χ1n) is 12.4. The van der Waals surface area contributed by atoms with Crippen LogP contribution in [0.5, 0.6) is 0 Å². The van der Waals surface area contributed by atoms with Crippen LogP contribution in [0.25, 0.3) is 11.0 Å². The second kappa shape index (κ2) is 12.2. The number of aromatic nitrogens is 1. The quantitative estimate of drug-likeness (QED) is 0.397. The van der Waals surface area contributed by atoms with E-state index in [-0.39, 0.29) is 38.1 Å². The number of fused-ring (bicyclic) bond motifs is 2. The first-order valence-corrected chi connectivity index (χ1v) is 12.4. The molecule has 4 rings (SSSR count). The second-order valence-corrected chi connectivity index (χ2v) is 9.47. The molecule has 2 amide bonds. The highest BCUT2D eigenvalue weighted by molar-refractivity contribution is 5.90. The Balaban J connectivity index is 0.00000380. The molecule has 0 saturated heterocycles. The van der Waals surface area contributed by atoms with E-state index in [1.165, 1.54) is 12.1 Å². The van der Waals surface area contributed by atoms with E-state index in [9.17, 15) is 14.0 Å². The van der Waals surface area contributed by atoms with Crippen LogP contribution < -0.4 is 10.2 Å². The number of carbonyl (C=O) groups is 2. The van der Waals surface area contributed by atoms with Crippen molar-refractivity contribution in [2.45, 2.75) is 60.5 Å². The number of nitrogens with one attached hydrogen (secondary N) is 1. The zero-order valence-electron chi connectivity index (χ0n) is 21.4. The molecule has 3 aromatic rings. The molecule has 0 unspecified atom stereocenters. The summed E-state index contributed by atoms with van der Waals surface area (Å²) < 4.78 is 19.1. The lowest BCUT2D eigenvalue weighted by Crippen LogP contribution is -2.48. The lowest BCUT2D eigenvalue weighted by Gasteiger charge is -2.32. The Morgan fingerprint density at radius 3 is 2.62 bits per heavy atom. The number of benzene rings is 2. The van der Waals surface area contributed by atoms with Gasteiger partial charge >= 0.3 is 0 Å². The summed E-state index contributed by atoms with van der Waals surface area (Å²) in [6.07, 6.45) is 3.05. The van der Waals surface area contributed by atoms with Crippen LogP contribution in [0.2, 0.25) is 0 Å². The summed E-state index contributed by atoms with van der Waals surface area (Å²) in [5.41, 5.74) is 4.97. The monoisotopic (exact) mass is 511 g/mol. The lowest BCUT2D eigenvalue weighted by atomic mass is 10.1. The molecule has 1 aliphatic heterocycles. The number of unbranched alkanes of at least 4 members (excludes halogenated alkanes) is 2. The Morgan fingerprint density at radius 2 is 1.86 bits per heavy atom. The molecule has 0 atom stereocenters. The van der Waals surface area contributed by atoms with Gasteiger partial charge in [-0.15, -0.1) is 0 Å². The van der Waals surface area contributed by atoms with E-state index in [0.29, 0.717) is 25.2 Å². The van der Waals surface area contributed by atoms with Gasteiger partial charge in [-0.2, -0.15) is 0 Å². The van der Waals surface area contributed by atoms with E-state index in [2.05, 4.69) is 17.4 Å². The molecule has 0 saturated carbocycles. The zero-order valence-corrected chi connectivity index (χ0v) is 21.4. The van der Waals surface area contributed by atoms with E-state index in [0.717, 1.165) is 52.7 Å². The van der Waals surface area contributed by atoms with Crippen molar-refractivity contribution in [3.63, 3.8) is 0 Å². The first kappa shape index (κ1) is 28.1. The summed E-state index contributed by atoms with van der Waals surface area (Å²) in [5, 5.41) is 11.3. The highest BCUT2D eigenvalue weighted by Crippen LogP contribution is 2.29. The third-order valence-corrected chi connectivity index (χ3v) is 6.73. The van der Waals surface area contributed by atoms with Crippen molar-refractivity contribution in [3.8, 4) is 0 Å². The van der Waals surface area contributed by atoms with Crippen molar-refractivity contribution < 1.29 is 18.5 Å². The fourth-order valence-corrected chi connectivity index (χ4v) is 4.57. The van der Waals surface area contributed by atoms with Gasteiger partial charge in [-0.25, -0.2) is 9.40 Å². The largest absolute Gasteiger partial charge is 0.356 e. The van der Waals surface area contributed by atoms with Crippen molar-refractivity contribution >= 4 is 28.5 Å². The van der Waals surface area contributed by atoms with Crippen LogP contribution >= 0.6 is 0 Å². The molecule has 200 valence electrons. The molecule has 0 radical (unpaired) electrons. The summed E-state index contributed by atoms with van der Waals surface area (Å²) in [5.74, 6) is -0.577. The Kier molecular flexibility index (Phi) is 9.26. The molecule has 0 spiro atoms. The molecule has 37 heavy (non-hydrogen) atoms. The van der Waals surface area contributed by atoms with Crippen molar-refractivity contribution in [3.05, 3.63) is 58.5 Å². The number of nitrogens with zero attached hydrogens (tertiary/aromatic N) is 4. The standard InChI is InChI=1S/C27H34FN5O3.CH4/c1-5-6-7-10-29-26(34)16-32(24-13-23-19(3)30-36-25(23)11-18(24)2)17-27(35)31(4)33-14-20-8-9-22(28)12-21(20)15-33;/h8-9,11-13H,5-7,10,14-17H2,1-4H3,(H,29,34);1H4. The molecule has 8 nitrogen and oxygen atoms in total. The smallest absolute Gasteiger partial charge is 0.256 e. The number of hydrogen-bond donors (Lipinski definition) is 1. The molecular formula is C28H38FN5O3. The molecule has 0 fully saturated rings. The molecule has 1 aliphatic rings. The van der Waals surface area contributed by atoms with Crippen LogP contribution in [0, 0.1) is 19.7 Å². The summed E-state index contributed by atoms with van der Waals surface area (Å²) in [7, 11) is 1.72. The number of hydrogen-bond acceptors (Lipinski definition) is 6. The Morgan fingerprint density at radius 1 is 1.11 bits per heavy atom. The summed E-state index contributed by atoms with van der Waals surface area (Å²) >= 11 is 0. The number of likely N-dealkylation sites (N-methyl/N-ethyl adjacent to an activating group) is 1. The molecule has 2 heterocycles. The average molecular weight is 512 g/mol. The maximum atomic E-state index is 13.7. The normalized spacial score (nSPS) is 12.8. The molecule has 2 aromatic carbocycles. The molecule has 1 N–H and O–H groups in total. The first-order chi connectivity index (χ1) is 17.3. The van der Waals surface area contributed by atoms with Gasteiger partial charge < -0.3 is 14.7 Å². The summed E-state index contributed by atoms with van der Waals surface area (Å²) in [6, 6.07) is 8.54. The van der Waals surface area contributed by atoms with E-state index in [4.69, 9.17) is 4.52 Å². The van der Waals surface area contributed by atoms with Crippen LogP contribution in [0.15, 0.2) is 34.9 Å². The van der Waals surface area contributed by atoms with Gasteiger partial charge in [0.05, 0.1) is 18.8 Å². The Labute approximate surface area is 218 Å². The highest BCUT2D eigenvalue weighted by atomic mass is 19.1. The predicted octanol–water partition coefficient (Wildman–Crippen LogP) is 4.72. The molecule has 0 aliphatic carbocycles. The second-order valence-electron chi connectivity index (χ2n) is 9.47. The number of carbonyl (C=O) groups excluding carboxylic acids is 2. The number of amides is 2. The van der Waals surface area contributed by atoms with Gasteiger partial charge in [-0.3, -0.25) is 14.6 Å². The number of aryl methyl sites for hydroxylation is 2. The summed E-state index contributed by atoms with van der Waals surface area (Å²) in [6.45, 7) is 7.57. The van der Waals surface area contributed by atoms with Gasteiger partial charge in [0.2, 0.25) is 5.91 Å². The topological polar surface area (TPSA) is 81.9 Å². The Hall–Kier alpha value is -3.46. The molecule has 0 bridgehead atoms. The third-order valence-electron chi connectivity index (χ3n) is 6.73. The number of rotatable bonds is 10. The molecule has 9 heteroatoms. The highest BCUT2D eigenvalue weighted by Gasteiger charge is 2.27. The van der Waals surface area contributed by atoms with E-state index < -0.39 is 0 Å². The predicted molar refractivity (Wildman–Crippen MR) is 143 cm³/mol. The number of halogens is 1. The Bertz CT molecular complexity index is 1260. The van der Waals surface area contributed by atoms with Gasteiger partial charge in [0.1, 0.15) is 5.82 Å². The van der Waals surface area contributed by atoms with Gasteiger partial charge in [-0.05, 0) is 61.2 Å². The minimum atomic E-state index is -0.282. The maximum absolute atomic E-state index is 13.7. The van der Waals surface area contributed by atoms with Crippen molar-refractivity contribution in [1.82, 2.24) is 20.5 Å². The maximum Gasteiger partial charge on any atom is 0.256 e. The van der Waals surface area contributed by atoms with E-state index >= 15 is 0 Å². The van der Waals surface area contributed by atoms with Gasteiger partial charge in [0.25, 0.3) is 5.91 Å². The third kappa shape index (κ3) is 6.46. The number of anilines is 1. The zero-order chi connectivity index (χ0) is 25.8. The van der Waals surface area contributed by atoms with Gasteiger partial charge in [-0.1, -0.05) is 38.4 Å². The van der Waals surface area contributed by atoms with Crippen molar-refractivity contribution in [2.24, 2.45) is 0 Å². The van der Waals surface area contributed by atoms with Crippen LogP contribution in [0.3, 0.4) is 0 Å². The fraction of sp³-hybridized carbons (Fsp3) is 0.464. The average Bonchev–Trinajstić information content (AvgIpc) is 3.43. The van der Waals surface area contributed by atoms with Crippen molar-refractivity contribution in [2.75, 3.05) is 31.6 Å². The van der Waals surface area contributed by atoms with Crippen LogP contribution in [0.1, 0.15) is 56.0 Å². The van der Waals surface area contributed by atoms with Crippen LogP contribution in [0.4, 0.5) is 10.1 Å². The van der Waals surface area contributed by atoms with Crippen molar-refractivity contribution in [1.29, 1.82) is 0 Å². The minimum absolute atomic E-state index is 0. The minimum Gasteiger partial charge on any atom is -0.356 e.